The van der Waals surface area contributed by atoms with E-state index in [4.69, 9.17) is 0 Å². The summed E-state index contributed by atoms with van der Waals surface area (Å²) in [5, 5.41) is 3.62. The minimum atomic E-state index is 0.619. The molecule has 1 rings (SSSR count). The lowest BCUT2D eigenvalue weighted by Crippen LogP contribution is -2.32. The molecule has 1 unspecified atom stereocenters. The summed E-state index contributed by atoms with van der Waals surface area (Å²) in [7, 11) is 0. The fourth-order valence-electron chi connectivity index (χ4n) is 2.17. The number of nitrogens with one attached hydrogen (secondary N) is 1. The van der Waals surface area contributed by atoms with Gasteiger partial charge in [0.15, 0.2) is 0 Å². The second-order valence-corrected chi connectivity index (χ2v) is 5.16. The van der Waals surface area contributed by atoms with Gasteiger partial charge >= 0.3 is 0 Å². The van der Waals surface area contributed by atoms with Gasteiger partial charge in [0.25, 0.3) is 0 Å². The van der Waals surface area contributed by atoms with Gasteiger partial charge in [-0.25, -0.2) is 0 Å². The molecule has 0 bridgehead atoms. The molecule has 0 aliphatic heterocycles. The third kappa shape index (κ3) is 3.68. The molecule has 0 aromatic heterocycles. The Bertz CT molecular complexity index is 136. The molecule has 1 atom stereocenters. The first-order valence-electron chi connectivity index (χ1n) is 5.87. The van der Waals surface area contributed by atoms with E-state index in [-0.39, 0.29) is 0 Å². The van der Waals surface area contributed by atoms with Crippen molar-refractivity contribution in [2.24, 2.45) is 11.3 Å². The first-order valence-corrected chi connectivity index (χ1v) is 5.87. The van der Waals surface area contributed by atoms with E-state index >= 15 is 0 Å². The maximum absolute atomic E-state index is 3.62. The third-order valence-corrected chi connectivity index (χ3v) is 3.55. The zero-order valence-electron chi connectivity index (χ0n) is 9.53. The largest absolute Gasteiger partial charge is 0.316 e. The Morgan fingerprint density at radius 1 is 1.31 bits per heavy atom. The van der Waals surface area contributed by atoms with Crippen LogP contribution in [0.3, 0.4) is 0 Å². The Morgan fingerprint density at radius 2 is 1.92 bits per heavy atom. The highest BCUT2D eigenvalue weighted by atomic mass is 14.9. The van der Waals surface area contributed by atoms with Crippen LogP contribution in [0.1, 0.15) is 52.9 Å². The van der Waals surface area contributed by atoms with E-state index in [2.05, 4.69) is 26.1 Å². The van der Waals surface area contributed by atoms with Gasteiger partial charge in [0, 0.05) is 6.54 Å². The van der Waals surface area contributed by atoms with Crippen LogP contribution in [0.2, 0.25) is 0 Å². The Hall–Kier alpha value is -0.0400. The van der Waals surface area contributed by atoms with Crippen LogP contribution in [-0.2, 0) is 0 Å². The van der Waals surface area contributed by atoms with E-state index < -0.39 is 0 Å². The summed E-state index contributed by atoms with van der Waals surface area (Å²) in [6, 6.07) is 0. The maximum atomic E-state index is 3.62. The van der Waals surface area contributed by atoms with Crippen LogP contribution in [0.25, 0.3) is 0 Å². The van der Waals surface area contributed by atoms with E-state index in [1.54, 1.807) is 0 Å². The van der Waals surface area contributed by atoms with Gasteiger partial charge in [0.1, 0.15) is 0 Å². The highest BCUT2D eigenvalue weighted by molar-refractivity contribution is 4.82. The third-order valence-electron chi connectivity index (χ3n) is 3.55. The molecule has 1 saturated carbocycles. The number of hydrogen-bond donors (Lipinski definition) is 1. The minimum absolute atomic E-state index is 0.619. The summed E-state index contributed by atoms with van der Waals surface area (Å²) in [6.07, 6.45) is 7.05. The monoisotopic (exact) mass is 183 g/mol. The standard InChI is InChI=1S/C12H25N/c1-4-11(2)9-13-10-12(3)7-5-6-8-12/h11,13H,4-10H2,1-3H3. The normalized spacial score (nSPS) is 23.3. The van der Waals surface area contributed by atoms with Crippen molar-refractivity contribution in [3.05, 3.63) is 0 Å². The van der Waals surface area contributed by atoms with Crippen molar-refractivity contribution >= 4 is 0 Å². The molecule has 13 heavy (non-hydrogen) atoms. The maximum Gasteiger partial charge on any atom is 0.000527 e. The topological polar surface area (TPSA) is 12.0 Å². The minimum Gasteiger partial charge on any atom is -0.316 e. The van der Waals surface area contributed by atoms with E-state index in [9.17, 15) is 0 Å². The smallest absolute Gasteiger partial charge is 0.000527 e. The fraction of sp³-hybridized carbons (Fsp3) is 1.00. The van der Waals surface area contributed by atoms with Crippen LogP contribution < -0.4 is 5.32 Å². The predicted molar refractivity (Wildman–Crippen MR) is 58.9 cm³/mol. The predicted octanol–water partition coefficient (Wildman–Crippen LogP) is 3.20. The number of hydrogen-bond acceptors (Lipinski definition) is 1. The SMILES string of the molecule is CCC(C)CNCC1(C)CCCC1. The van der Waals surface area contributed by atoms with Crippen molar-refractivity contribution in [3.63, 3.8) is 0 Å². The van der Waals surface area contributed by atoms with Gasteiger partial charge in [0.05, 0.1) is 0 Å². The Labute approximate surface area is 83.3 Å². The summed E-state index contributed by atoms with van der Waals surface area (Å²) >= 11 is 0. The fourth-order valence-corrected chi connectivity index (χ4v) is 2.17. The molecule has 0 aromatic carbocycles. The molecule has 0 heterocycles. The zero-order valence-corrected chi connectivity index (χ0v) is 9.53. The molecule has 1 aliphatic rings. The van der Waals surface area contributed by atoms with Crippen LogP contribution in [0.5, 0.6) is 0 Å². The van der Waals surface area contributed by atoms with Gasteiger partial charge < -0.3 is 5.32 Å². The van der Waals surface area contributed by atoms with Crippen LogP contribution in [0.15, 0.2) is 0 Å². The van der Waals surface area contributed by atoms with Crippen molar-refractivity contribution in [1.82, 2.24) is 5.32 Å². The van der Waals surface area contributed by atoms with E-state index in [0.717, 1.165) is 5.92 Å². The molecule has 1 N–H and O–H groups in total. The number of rotatable bonds is 5. The van der Waals surface area contributed by atoms with Crippen molar-refractivity contribution < 1.29 is 0 Å². The summed E-state index contributed by atoms with van der Waals surface area (Å²) in [5.74, 6) is 0.838. The van der Waals surface area contributed by atoms with Crippen molar-refractivity contribution in [3.8, 4) is 0 Å². The van der Waals surface area contributed by atoms with E-state index in [1.807, 2.05) is 0 Å². The van der Waals surface area contributed by atoms with Crippen LogP contribution in [-0.4, -0.2) is 13.1 Å². The molecule has 1 heteroatoms. The molecule has 0 aromatic rings. The lowest BCUT2D eigenvalue weighted by molar-refractivity contribution is 0.305. The summed E-state index contributed by atoms with van der Waals surface area (Å²) in [4.78, 5) is 0. The Morgan fingerprint density at radius 3 is 2.46 bits per heavy atom. The van der Waals surface area contributed by atoms with Gasteiger partial charge in [-0.2, -0.15) is 0 Å². The molecule has 0 saturated heterocycles. The molecule has 0 amide bonds. The van der Waals surface area contributed by atoms with Gasteiger partial charge in [0.2, 0.25) is 0 Å². The lowest BCUT2D eigenvalue weighted by Gasteiger charge is -2.24. The first-order chi connectivity index (χ1) is 6.16. The first kappa shape index (κ1) is 11.0. The van der Waals surface area contributed by atoms with Crippen LogP contribution >= 0.6 is 0 Å². The quantitative estimate of drug-likeness (QED) is 0.690. The molecule has 0 spiro atoms. The van der Waals surface area contributed by atoms with Crippen molar-refractivity contribution in [2.45, 2.75) is 52.9 Å². The van der Waals surface area contributed by atoms with Gasteiger partial charge in [-0.3, -0.25) is 0 Å². The molecular formula is C12H25N. The summed E-state index contributed by atoms with van der Waals surface area (Å²) < 4.78 is 0. The van der Waals surface area contributed by atoms with Crippen LogP contribution in [0, 0.1) is 11.3 Å². The second kappa shape index (κ2) is 4.99. The molecule has 1 aliphatic carbocycles. The van der Waals surface area contributed by atoms with E-state index in [1.165, 1.54) is 45.2 Å². The van der Waals surface area contributed by atoms with E-state index in [0.29, 0.717) is 5.41 Å². The van der Waals surface area contributed by atoms with Gasteiger partial charge in [-0.1, -0.05) is 40.0 Å². The Balaban J connectivity index is 2.11. The van der Waals surface area contributed by atoms with Gasteiger partial charge in [-0.05, 0) is 30.7 Å². The Kier molecular flexibility index (Phi) is 4.24. The van der Waals surface area contributed by atoms with Crippen molar-refractivity contribution in [1.29, 1.82) is 0 Å². The molecule has 1 fully saturated rings. The van der Waals surface area contributed by atoms with Crippen molar-refractivity contribution in [2.75, 3.05) is 13.1 Å². The molecule has 1 nitrogen and oxygen atoms in total. The average molecular weight is 183 g/mol. The van der Waals surface area contributed by atoms with Crippen LogP contribution in [0.4, 0.5) is 0 Å². The molecule has 0 radical (unpaired) electrons. The highest BCUT2D eigenvalue weighted by Gasteiger charge is 2.27. The van der Waals surface area contributed by atoms with Gasteiger partial charge in [-0.15, -0.1) is 0 Å². The lowest BCUT2D eigenvalue weighted by atomic mass is 9.89. The summed E-state index contributed by atoms with van der Waals surface area (Å²) in [5.41, 5.74) is 0.619. The highest BCUT2D eigenvalue weighted by Crippen LogP contribution is 2.36. The average Bonchev–Trinajstić information content (AvgIpc) is 2.52. The molecular weight excluding hydrogens is 158 g/mol. The zero-order chi connectivity index (χ0) is 9.73. The second-order valence-electron chi connectivity index (χ2n) is 5.16. The summed E-state index contributed by atoms with van der Waals surface area (Å²) in [6.45, 7) is 9.46. The molecule has 78 valence electrons.